The summed E-state index contributed by atoms with van der Waals surface area (Å²) < 4.78 is 10.9. The third-order valence-corrected chi connectivity index (χ3v) is 6.65. The number of ether oxygens (including phenoxy) is 2. The first-order chi connectivity index (χ1) is 12.1. The molecule has 0 aromatic heterocycles. The zero-order valence-corrected chi connectivity index (χ0v) is 15.7. The molecule has 0 spiro atoms. The van der Waals surface area contributed by atoms with Crippen molar-refractivity contribution in [2.45, 2.75) is 69.1 Å². The predicted octanol–water partition coefficient (Wildman–Crippen LogP) is 1.28. The maximum atomic E-state index is 12.6. The van der Waals surface area contributed by atoms with Gasteiger partial charge in [0.1, 0.15) is 0 Å². The van der Waals surface area contributed by atoms with Crippen LogP contribution in [0.1, 0.15) is 51.4 Å². The van der Waals surface area contributed by atoms with Crippen LogP contribution in [-0.4, -0.2) is 68.4 Å². The van der Waals surface area contributed by atoms with Crippen LogP contribution in [0.3, 0.4) is 0 Å². The number of nitrogens with zero attached hydrogens (tertiary/aromatic N) is 1. The van der Waals surface area contributed by atoms with Crippen LogP contribution in [0.2, 0.25) is 0 Å². The van der Waals surface area contributed by atoms with Crippen LogP contribution in [-0.2, 0) is 14.3 Å². The van der Waals surface area contributed by atoms with Gasteiger partial charge in [-0.1, -0.05) is 12.8 Å². The predicted molar refractivity (Wildman–Crippen MR) is 97.3 cm³/mol. The highest BCUT2D eigenvalue weighted by molar-refractivity contribution is 5.81. The second-order valence-electron chi connectivity index (χ2n) is 8.05. The first-order valence-corrected chi connectivity index (χ1v) is 10.0. The van der Waals surface area contributed by atoms with Gasteiger partial charge in [0.2, 0.25) is 5.91 Å². The zero-order valence-electron chi connectivity index (χ0n) is 15.7. The summed E-state index contributed by atoms with van der Waals surface area (Å²) in [6.45, 7) is 4.33. The maximum absolute atomic E-state index is 12.6. The second-order valence-corrected chi connectivity index (χ2v) is 8.05. The Labute approximate surface area is 151 Å². The highest BCUT2D eigenvalue weighted by Crippen LogP contribution is 2.37. The third kappa shape index (κ3) is 4.54. The second kappa shape index (κ2) is 8.80. The molecular weight excluding hydrogens is 318 g/mol. The van der Waals surface area contributed by atoms with Crippen LogP contribution in [0.25, 0.3) is 0 Å². The summed E-state index contributed by atoms with van der Waals surface area (Å²) in [6.07, 6.45) is 9.23. The Kier molecular flexibility index (Phi) is 6.72. The van der Waals surface area contributed by atoms with Gasteiger partial charge < -0.3 is 20.5 Å². The number of methoxy groups -OCH3 is 1. The summed E-state index contributed by atoms with van der Waals surface area (Å²) in [4.78, 5) is 15.2. The molecule has 3 N–H and O–H groups in total. The summed E-state index contributed by atoms with van der Waals surface area (Å²) in [5.74, 6) is 0.274. The SMILES string of the molecule is COC1CCN(C2(CNC(=O)C(N)C3CCOCC3)CCCC2)CC1. The van der Waals surface area contributed by atoms with Gasteiger partial charge >= 0.3 is 0 Å². The molecule has 0 radical (unpaired) electrons. The number of rotatable bonds is 6. The fourth-order valence-electron chi connectivity index (χ4n) is 4.86. The Morgan fingerprint density at radius 3 is 2.48 bits per heavy atom. The molecule has 1 saturated carbocycles. The van der Waals surface area contributed by atoms with Crippen LogP contribution in [0.4, 0.5) is 0 Å². The average molecular weight is 354 g/mol. The van der Waals surface area contributed by atoms with Crippen molar-refractivity contribution in [2.75, 3.05) is 40.0 Å². The van der Waals surface area contributed by atoms with Crippen LogP contribution >= 0.6 is 0 Å². The minimum atomic E-state index is -0.401. The molecule has 6 nitrogen and oxygen atoms in total. The average Bonchev–Trinajstić information content (AvgIpc) is 3.16. The van der Waals surface area contributed by atoms with E-state index in [4.69, 9.17) is 15.2 Å². The van der Waals surface area contributed by atoms with Crippen molar-refractivity contribution in [2.24, 2.45) is 11.7 Å². The summed E-state index contributed by atoms with van der Waals surface area (Å²) in [6, 6.07) is -0.401. The van der Waals surface area contributed by atoms with E-state index in [1.165, 1.54) is 25.7 Å². The van der Waals surface area contributed by atoms with E-state index in [1.54, 1.807) is 0 Å². The molecule has 1 aliphatic carbocycles. The van der Waals surface area contributed by atoms with Gasteiger partial charge in [-0.25, -0.2) is 0 Å². The number of nitrogens with one attached hydrogen (secondary N) is 1. The van der Waals surface area contributed by atoms with E-state index in [1.807, 2.05) is 7.11 Å². The number of carbonyl (C=O) groups excluding carboxylic acids is 1. The Morgan fingerprint density at radius 1 is 1.24 bits per heavy atom. The molecule has 1 atom stereocenters. The standard InChI is InChI=1S/C19H35N3O3/c1-24-16-4-10-22(11-5-16)19(8-2-3-9-19)14-21-18(23)17(20)15-6-12-25-13-7-15/h15-17H,2-14,20H2,1H3,(H,21,23). The summed E-state index contributed by atoms with van der Waals surface area (Å²) in [5, 5.41) is 3.21. The van der Waals surface area contributed by atoms with E-state index in [0.717, 1.165) is 58.5 Å². The Hall–Kier alpha value is -0.690. The number of carbonyl (C=O) groups is 1. The van der Waals surface area contributed by atoms with Gasteiger partial charge in [-0.15, -0.1) is 0 Å². The fourth-order valence-corrected chi connectivity index (χ4v) is 4.86. The molecule has 0 aromatic rings. The van der Waals surface area contributed by atoms with Gasteiger partial charge in [0.25, 0.3) is 0 Å². The monoisotopic (exact) mass is 353 g/mol. The van der Waals surface area contributed by atoms with E-state index < -0.39 is 6.04 Å². The smallest absolute Gasteiger partial charge is 0.237 e. The normalized spacial score (nSPS) is 27.3. The van der Waals surface area contributed by atoms with Crippen molar-refractivity contribution in [1.29, 1.82) is 0 Å². The van der Waals surface area contributed by atoms with Crippen molar-refractivity contribution in [3.63, 3.8) is 0 Å². The molecule has 3 rings (SSSR count). The third-order valence-electron chi connectivity index (χ3n) is 6.65. The highest BCUT2D eigenvalue weighted by atomic mass is 16.5. The number of hydrogen-bond donors (Lipinski definition) is 2. The Bertz CT molecular complexity index is 426. The zero-order chi connectivity index (χ0) is 17.7. The molecular formula is C19H35N3O3. The van der Waals surface area contributed by atoms with E-state index in [2.05, 4.69) is 10.2 Å². The van der Waals surface area contributed by atoms with Gasteiger partial charge in [-0.2, -0.15) is 0 Å². The molecule has 2 heterocycles. The number of nitrogens with two attached hydrogens (primary N) is 1. The van der Waals surface area contributed by atoms with E-state index in [0.29, 0.717) is 6.10 Å². The quantitative estimate of drug-likeness (QED) is 0.752. The molecule has 144 valence electrons. The molecule has 1 amide bonds. The maximum Gasteiger partial charge on any atom is 0.237 e. The highest BCUT2D eigenvalue weighted by Gasteiger charge is 2.41. The first-order valence-electron chi connectivity index (χ1n) is 10.0. The number of likely N-dealkylation sites (tertiary alicyclic amines) is 1. The lowest BCUT2D eigenvalue weighted by atomic mass is 9.90. The van der Waals surface area contributed by atoms with Gasteiger partial charge in [-0.3, -0.25) is 9.69 Å². The van der Waals surface area contributed by atoms with Crippen LogP contribution in [0.5, 0.6) is 0 Å². The first kappa shape index (κ1) is 19.1. The number of amides is 1. The van der Waals surface area contributed by atoms with E-state index in [-0.39, 0.29) is 17.4 Å². The van der Waals surface area contributed by atoms with Gasteiger partial charge in [0.05, 0.1) is 12.1 Å². The minimum absolute atomic E-state index is 0.0185. The Morgan fingerprint density at radius 2 is 1.88 bits per heavy atom. The number of piperidine rings is 1. The molecule has 25 heavy (non-hydrogen) atoms. The molecule has 3 aliphatic rings. The van der Waals surface area contributed by atoms with Crippen molar-refractivity contribution in [1.82, 2.24) is 10.2 Å². The molecule has 0 bridgehead atoms. The van der Waals surface area contributed by atoms with Crippen LogP contribution < -0.4 is 11.1 Å². The summed E-state index contributed by atoms with van der Waals surface area (Å²) in [5.41, 5.74) is 6.37. The lowest BCUT2D eigenvalue weighted by molar-refractivity contribution is -0.125. The fraction of sp³-hybridized carbons (Fsp3) is 0.947. The van der Waals surface area contributed by atoms with Crippen molar-refractivity contribution >= 4 is 5.91 Å². The summed E-state index contributed by atoms with van der Waals surface area (Å²) in [7, 11) is 1.81. The number of hydrogen-bond acceptors (Lipinski definition) is 5. The van der Waals surface area contributed by atoms with Gasteiger partial charge in [0, 0.05) is 45.5 Å². The largest absolute Gasteiger partial charge is 0.381 e. The van der Waals surface area contributed by atoms with Crippen LogP contribution in [0.15, 0.2) is 0 Å². The van der Waals surface area contributed by atoms with E-state index >= 15 is 0 Å². The van der Waals surface area contributed by atoms with Crippen molar-refractivity contribution in [3.8, 4) is 0 Å². The molecule has 1 unspecified atom stereocenters. The lowest BCUT2D eigenvalue weighted by Gasteiger charge is -2.45. The van der Waals surface area contributed by atoms with Crippen LogP contribution in [0, 0.1) is 5.92 Å². The van der Waals surface area contributed by atoms with E-state index in [9.17, 15) is 4.79 Å². The molecule has 0 aromatic carbocycles. The molecule has 6 heteroatoms. The summed E-state index contributed by atoms with van der Waals surface area (Å²) >= 11 is 0. The Balaban J connectivity index is 1.54. The van der Waals surface area contributed by atoms with Gasteiger partial charge in [-0.05, 0) is 44.4 Å². The topological polar surface area (TPSA) is 76.8 Å². The molecule has 2 saturated heterocycles. The van der Waals surface area contributed by atoms with Crippen molar-refractivity contribution in [3.05, 3.63) is 0 Å². The lowest BCUT2D eigenvalue weighted by Crippen LogP contribution is -2.58. The molecule has 3 fully saturated rings. The molecule has 2 aliphatic heterocycles. The van der Waals surface area contributed by atoms with Gasteiger partial charge in [0.15, 0.2) is 0 Å². The minimum Gasteiger partial charge on any atom is -0.381 e. The van der Waals surface area contributed by atoms with Crippen molar-refractivity contribution < 1.29 is 14.3 Å².